The lowest BCUT2D eigenvalue weighted by atomic mass is 10.1. The molecule has 3 aromatic rings. The lowest BCUT2D eigenvalue weighted by Gasteiger charge is -2.14. The monoisotopic (exact) mass is 347 g/mol. The quantitative estimate of drug-likeness (QED) is 0.792. The summed E-state index contributed by atoms with van der Waals surface area (Å²) in [5.74, 6) is 0. The first-order valence-electron chi connectivity index (χ1n) is 7.29. The average molecular weight is 348 g/mol. The molecule has 0 unspecified atom stereocenters. The summed E-state index contributed by atoms with van der Waals surface area (Å²) in [6.07, 6.45) is 3.25. The van der Waals surface area contributed by atoms with E-state index in [1.54, 1.807) is 24.4 Å². The molecule has 2 aromatic heterocycles. The Balaban J connectivity index is 1.75. The van der Waals surface area contributed by atoms with E-state index in [1.165, 1.54) is 9.96 Å². The van der Waals surface area contributed by atoms with Gasteiger partial charge < -0.3 is 0 Å². The summed E-state index contributed by atoms with van der Waals surface area (Å²) in [6, 6.07) is 12.9. The molecule has 1 aliphatic rings. The van der Waals surface area contributed by atoms with Crippen molar-refractivity contribution in [3.05, 3.63) is 64.9 Å². The van der Waals surface area contributed by atoms with E-state index in [-0.39, 0.29) is 16.2 Å². The highest BCUT2D eigenvalue weighted by molar-refractivity contribution is 7.89. The number of hydrogen-bond donors (Lipinski definition) is 1. The van der Waals surface area contributed by atoms with Gasteiger partial charge in [0.05, 0.1) is 0 Å². The van der Waals surface area contributed by atoms with Gasteiger partial charge in [-0.3, -0.25) is 4.40 Å². The Hall–Kier alpha value is -1.89. The minimum Gasteiger partial charge on any atom is -0.288 e. The highest BCUT2D eigenvalue weighted by atomic mass is 35.5. The number of sulfonamides is 1. The van der Waals surface area contributed by atoms with Gasteiger partial charge in [-0.25, -0.2) is 18.1 Å². The number of aryl methyl sites for hydroxylation is 1. The molecular weight excluding hydrogens is 334 g/mol. The average Bonchev–Trinajstić information content (AvgIpc) is 3.07. The number of aromatic nitrogens is 2. The number of rotatable bonds is 3. The highest BCUT2D eigenvalue weighted by Crippen LogP contribution is 2.33. The lowest BCUT2D eigenvalue weighted by molar-refractivity contribution is 0.550. The van der Waals surface area contributed by atoms with E-state index < -0.39 is 10.0 Å². The third-order valence-corrected chi connectivity index (χ3v) is 6.00. The SMILES string of the molecule is O=S(=O)(N[C@H]1CCc2ccccc21)c1c(Cl)nc2ccccn12. The van der Waals surface area contributed by atoms with Crippen molar-refractivity contribution in [2.24, 2.45) is 0 Å². The molecule has 23 heavy (non-hydrogen) atoms. The summed E-state index contributed by atoms with van der Waals surface area (Å²) in [6.45, 7) is 0. The number of pyridine rings is 1. The Morgan fingerprint density at radius 2 is 1.96 bits per heavy atom. The first-order valence-corrected chi connectivity index (χ1v) is 9.15. The molecular formula is C16H14ClN3O2S. The minimum absolute atomic E-state index is 0.0147. The van der Waals surface area contributed by atoms with Gasteiger partial charge in [-0.15, -0.1) is 0 Å². The Morgan fingerprint density at radius 1 is 1.17 bits per heavy atom. The van der Waals surface area contributed by atoms with Crippen molar-refractivity contribution in [3.63, 3.8) is 0 Å². The van der Waals surface area contributed by atoms with Crippen molar-refractivity contribution in [1.82, 2.24) is 14.1 Å². The second kappa shape index (κ2) is 5.33. The van der Waals surface area contributed by atoms with Crippen molar-refractivity contribution >= 4 is 27.3 Å². The van der Waals surface area contributed by atoms with Crippen molar-refractivity contribution in [3.8, 4) is 0 Å². The molecule has 0 spiro atoms. The van der Waals surface area contributed by atoms with Crippen LogP contribution >= 0.6 is 11.6 Å². The fourth-order valence-electron chi connectivity index (χ4n) is 3.11. The molecule has 0 saturated heterocycles. The van der Waals surface area contributed by atoms with Crippen LogP contribution < -0.4 is 4.72 Å². The van der Waals surface area contributed by atoms with E-state index in [0.717, 1.165) is 18.4 Å². The molecule has 7 heteroatoms. The highest BCUT2D eigenvalue weighted by Gasteiger charge is 2.30. The fraction of sp³-hybridized carbons (Fsp3) is 0.188. The summed E-state index contributed by atoms with van der Waals surface area (Å²) < 4.78 is 29.9. The van der Waals surface area contributed by atoms with Crippen LogP contribution in [0.15, 0.2) is 53.7 Å². The van der Waals surface area contributed by atoms with Crippen LogP contribution in [0.25, 0.3) is 5.65 Å². The smallest absolute Gasteiger partial charge is 0.260 e. The Morgan fingerprint density at radius 3 is 2.83 bits per heavy atom. The molecule has 1 atom stereocenters. The van der Waals surface area contributed by atoms with Gasteiger partial charge in [-0.2, -0.15) is 0 Å². The van der Waals surface area contributed by atoms with Crippen LogP contribution in [0.1, 0.15) is 23.6 Å². The summed E-state index contributed by atoms with van der Waals surface area (Å²) in [4.78, 5) is 4.11. The third kappa shape index (κ3) is 2.43. The lowest BCUT2D eigenvalue weighted by Crippen LogP contribution is -2.28. The maximum atomic E-state index is 12.8. The normalized spacial score (nSPS) is 17.5. The first-order chi connectivity index (χ1) is 11.1. The predicted octanol–water partition coefficient (Wildman–Crippen LogP) is 2.95. The van der Waals surface area contributed by atoms with Gasteiger partial charge >= 0.3 is 0 Å². The fourth-order valence-corrected chi connectivity index (χ4v) is 5.00. The van der Waals surface area contributed by atoms with E-state index in [1.807, 2.05) is 24.3 Å². The zero-order chi connectivity index (χ0) is 16.0. The molecule has 1 aromatic carbocycles. The topological polar surface area (TPSA) is 63.5 Å². The molecule has 118 valence electrons. The number of nitrogens with one attached hydrogen (secondary N) is 1. The molecule has 0 fully saturated rings. The molecule has 0 radical (unpaired) electrons. The van der Waals surface area contributed by atoms with Crippen LogP contribution in [-0.4, -0.2) is 17.8 Å². The van der Waals surface area contributed by atoms with Crippen LogP contribution in [-0.2, 0) is 16.4 Å². The van der Waals surface area contributed by atoms with Gasteiger partial charge in [0.1, 0.15) is 5.65 Å². The van der Waals surface area contributed by atoms with Crippen LogP contribution in [0.3, 0.4) is 0 Å². The zero-order valence-electron chi connectivity index (χ0n) is 12.1. The van der Waals surface area contributed by atoms with Crippen LogP contribution in [0.5, 0.6) is 0 Å². The molecule has 1 aliphatic carbocycles. The molecule has 5 nitrogen and oxygen atoms in total. The van der Waals surface area contributed by atoms with E-state index in [4.69, 9.17) is 11.6 Å². The number of fused-ring (bicyclic) bond motifs is 2. The molecule has 0 aliphatic heterocycles. The van der Waals surface area contributed by atoms with Crippen molar-refractivity contribution in [2.75, 3.05) is 0 Å². The molecule has 0 amide bonds. The van der Waals surface area contributed by atoms with Crippen LogP contribution in [0, 0.1) is 0 Å². The number of halogens is 1. The Kier molecular flexibility index (Phi) is 3.41. The summed E-state index contributed by atoms with van der Waals surface area (Å²) in [7, 11) is -3.78. The number of hydrogen-bond acceptors (Lipinski definition) is 3. The molecule has 4 rings (SSSR count). The number of benzene rings is 1. The number of imidazole rings is 1. The van der Waals surface area contributed by atoms with Gasteiger partial charge in [-0.1, -0.05) is 41.9 Å². The molecule has 0 saturated carbocycles. The Labute approximate surface area is 139 Å². The van der Waals surface area contributed by atoms with Crippen LogP contribution in [0.4, 0.5) is 0 Å². The summed E-state index contributed by atoms with van der Waals surface area (Å²) in [5, 5.41) is -0.0332. The summed E-state index contributed by atoms with van der Waals surface area (Å²) >= 11 is 6.09. The maximum Gasteiger partial charge on any atom is 0.260 e. The second-order valence-corrected chi connectivity index (χ2v) is 7.54. The molecule has 2 heterocycles. The number of nitrogens with zero attached hydrogens (tertiary/aromatic N) is 2. The van der Waals surface area contributed by atoms with Crippen molar-refractivity contribution < 1.29 is 8.42 Å². The van der Waals surface area contributed by atoms with E-state index in [2.05, 4.69) is 9.71 Å². The first kappa shape index (κ1) is 14.7. The van der Waals surface area contributed by atoms with Gasteiger partial charge in [0.25, 0.3) is 10.0 Å². The van der Waals surface area contributed by atoms with Gasteiger partial charge in [0, 0.05) is 12.2 Å². The molecule has 0 bridgehead atoms. The van der Waals surface area contributed by atoms with Gasteiger partial charge in [0.15, 0.2) is 10.2 Å². The van der Waals surface area contributed by atoms with E-state index in [9.17, 15) is 8.42 Å². The van der Waals surface area contributed by atoms with Gasteiger partial charge in [0.2, 0.25) is 0 Å². The third-order valence-electron chi connectivity index (χ3n) is 4.13. The van der Waals surface area contributed by atoms with Crippen molar-refractivity contribution in [1.29, 1.82) is 0 Å². The molecule has 1 N–H and O–H groups in total. The van der Waals surface area contributed by atoms with Crippen molar-refractivity contribution in [2.45, 2.75) is 23.9 Å². The zero-order valence-corrected chi connectivity index (χ0v) is 13.7. The van der Waals surface area contributed by atoms with Crippen LogP contribution in [0.2, 0.25) is 5.15 Å². The Bertz CT molecular complexity index is 997. The van der Waals surface area contributed by atoms with E-state index in [0.29, 0.717) is 5.65 Å². The largest absolute Gasteiger partial charge is 0.288 e. The standard InChI is InChI=1S/C16H14ClN3O2S/c17-15-16(20-10-4-3-7-14(20)18-15)23(21,22)19-13-9-8-11-5-1-2-6-12(11)13/h1-7,10,13,19H,8-9H2/t13-/m0/s1. The van der Waals surface area contributed by atoms with E-state index >= 15 is 0 Å². The maximum absolute atomic E-state index is 12.8. The minimum atomic E-state index is -3.78. The summed E-state index contributed by atoms with van der Waals surface area (Å²) in [5.41, 5.74) is 2.72. The van der Waals surface area contributed by atoms with Gasteiger partial charge in [-0.05, 0) is 36.1 Å². The predicted molar refractivity (Wildman–Crippen MR) is 88.0 cm³/mol. The second-order valence-electron chi connectivity index (χ2n) is 5.55.